The van der Waals surface area contributed by atoms with Crippen LogP contribution in [0.2, 0.25) is 0 Å². The van der Waals surface area contributed by atoms with Gasteiger partial charge in [-0.05, 0) is 38.0 Å². The lowest BCUT2D eigenvalue weighted by Gasteiger charge is -2.26. The van der Waals surface area contributed by atoms with Crippen molar-refractivity contribution in [3.05, 3.63) is 29.5 Å². The highest BCUT2D eigenvalue weighted by molar-refractivity contribution is 6.09. The fraction of sp³-hybridized carbons (Fsp3) is 0.375. The first-order valence-corrected chi connectivity index (χ1v) is 6.83. The highest BCUT2D eigenvalue weighted by Crippen LogP contribution is 2.42. The van der Waals surface area contributed by atoms with Gasteiger partial charge in [-0.3, -0.25) is 4.79 Å². The van der Waals surface area contributed by atoms with Crippen molar-refractivity contribution in [2.24, 2.45) is 0 Å². The molecule has 0 unspecified atom stereocenters. The van der Waals surface area contributed by atoms with E-state index in [1.54, 1.807) is 13.2 Å². The number of pyridine rings is 1. The van der Waals surface area contributed by atoms with Crippen LogP contribution in [0.5, 0.6) is 11.5 Å². The van der Waals surface area contributed by atoms with Crippen LogP contribution in [-0.4, -0.2) is 23.0 Å². The van der Waals surface area contributed by atoms with Gasteiger partial charge in [0.2, 0.25) is 0 Å². The van der Waals surface area contributed by atoms with Gasteiger partial charge in [0.05, 0.1) is 23.9 Å². The summed E-state index contributed by atoms with van der Waals surface area (Å²) in [5.74, 6) is 0.823. The topological polar surface area (TPSA) is 59.4 Å². The second kappa shape index (κ2) is 4.78. The zero-order valence-corrected chi connectivity index (χ0v) is 11.6. The molecule has 1 aromatic heterocycles. The molecule has 104 valence electrons. The first kappa shape index (κ1) is 12.9. The highest BCUT2D eigenvalue weighted by atomic mass is 16.5. The number of ketones is 1. The lowest BCUT2D eigenvalue weighted by atomic mass is 9.81. The number of carbonyl (C=O) groups is 1. The minimum atomic E-state index is -0.149. The van der Waals surface area contributed by atoms with Gasteiger partial charge >= 0.3 is 0 Å². The third-order valence-corrected chi connectivity index (χ3v) is 4.04. The summed E-state index contributed by atoms with van der Waals surface area (Å²) in [6.45, 7) is 1.47. The largest absolute Gasteiger partial charge is 0.505 e. The summed E-state index contributed by atoms with van der Waals surface area (Å²) in [6.07, 6.45) is 3.21. The third kappa shape index (κ3) is 1.92. The first-order chi connectivity index (χ1) is 9.61. The number of aromatic nitrogens is 1. The Morgan fingerprint density at radius 3 is 2.70 bits per heavy atom. The molecule has 20 heavy (non-hydrogen) atoms. The molecule has 1 heterocycles. The summed E-state index contributed by atoms with van der Waals surface area (Å²) >= 11 is 0. The van der Waals surface area contributed by atoms with E-state index >= 15 is 0 Å². The van der Waals surface area contributed by atoms with Crippen LogP contribution >= 0.6 is 0 Å². The highest BCUT2D eigenvalue weighted by Gasteiger charge is 2.27. The van der Waals surface area contributed by atoms with E-state index in [4.69, 9.17) is 4.74 Å². The molecule has 0 spiro atoms. The molecule has 0 radical (unpaired) electrons. The molecule has 3 rings (SSSR count). The fourth-order valence-corrected chi connectivity index (χ4v) is 2.70. The number of hydrogen-bond acceptors (Lipinski definition) is 4. The standard InChI is InChI=1S/C16H17NO3/c1-9(18)14-12-8-11(20-2)6-7-13(12)17-15(16(14)19)10-4-3-5-10/h6-8,10,19H,3-5H2,1-2H3. The number of nitrogens with zero attached hydrogens (tertiary/aromatic N) is 1. The summed E-state index contributed by atoms with van der Waals surface area (Å²) in [4.78, 5) is 16.5. The van der Waals surface area contributed by atoms with Crippen molar-refractivity contribution in [1.29, 1.82) is 0 Å². The SMILES string of the molecule is COc1ccc2nc(C3CCC3)c(O)c(C(C)=O)c2c1. The summed E-state index contributed by atoms with van der Waals surface area (Å²) in [7, 11) is 1.57. The molecule has 1 saturated carbocycles. The van der Waals surface area contributed by atoms with E-state index < -0.39 is 0 Å². The monoisotopic (exact) mass is 271 g/mol. The number of aromatic hydroxyl groups is 1. The van der Waals surface area contributed by atoms with E-state index in [1.807, 2.05) is 12.1 Å². The predicted octanol–water partition coefficient (Wildman–Crippen LogP) is 3.42. The zero-order valence-electron chi connectivity index (χ0n) is 11.6. The Bertz CT molecular complexity index is 690. The molecule has 0 amide bonds. The summed E-state index contributed by atoms with van der Waals surface area (Å²) in [6, 6.07) is 5.41. The van der Waals surface area contributed by atoms with E-state index in [-0.39, 0.29) is 17.5 Å². The predicted molar refractivity (Wildman–Crippen MR) is 76.6 cm³/mol. The maximum absolute atomic E-state index is 11.9. The third-order valence-electron chi connectivity index (χ3n) is 4.04. The fourth-order valence-electron chi connectivity index (χ4n) is 2.70. The van der Waals surface area contributed by atoms with Crippen LogP contribution in [0.4, 0.5) is 0 Å². The molecule has 1 aromatic carbocycles. The van der Waals surface area contributed by atoms with Crippen molar-refractivity contribution in [1.82, 2.24) is 4.98 Å². The van der Waals surface area contributed by atoms with E-state index in [0.717, 1.165) is 24.8 Å². The molecule has 0 atom stereocenters. The number of Topliss-reactive ketones (excluding diaryl/α,β-unsaturated/α-hetero) is 1. The van der Waals surface area contributed by atoms with E-state index in [9.17, 15) is 9.90 Å². The Morgan fingerprint density at radius 2 is 2.15 bits per heavy atom. The Labute approximate surface area is 117 Å². The van der Waals surface area contributed by atoms with Gasteiger partial charge in [-0.25, -0.2) is 4.98 Å². The molecule has 0 aliphatic heterocycles. The lowest BCUT2D eigenvalue weighted by Crippen LogP contribution is -2.12. The Kier molecular flexibility index (Phi) is 3.08. The number of benzene rings is 1. The van der Waals surface area contributed by atoms with Gasteiger partial charge in [-0.1, -0.05) is 6.42 Å². The number of carbonyl (C=O) groups excluding carboxylic acids is 1. The summed E-state index contributed by atoms with van der Waals surface area (Å²) in [5, 5.41) is 11.1. The Morgan fingerprint density at radius 1 is 1.40 bits per heavy atom. The van der Waals surface area contributed by atoms with Gasteiger partial charge in [-0.15, -0.1) is 0 Å². The average Bonchev–Trinajstić information content (AvgIpc) is 2.36. The van der Waals surface area contributed by atoms with E-state index in [2.05, 4.69) is 4.98 Å². The van der Waals surface area contributed by atoms with Gasteiger partial charge in [0.15, 0.2) is 5.78 Å². The van der Waals surface area contributed by atoms with Gasteiger partial charge in [-0.2, -0.15) is 0 Å². The van der Waals surface area contributed by atoms with Crippen LogP contribution in [0, 0.1) is 0 Å². The van der Waals surface area contributed by atoms with Gasteiger partial charge in [0, 0.05) is 11.3 Å². The minimum absolute atomic E-state index is 0.0444. The molecule has 0 bridgehead atoms. The molecule has 4 nitrogen and oxygen atoms in total. The molecule has 4 heteroatoms. The second-order valence-electron chi connectivity index (χ2n) is 5.29. The van der Waals surface area contributed by atoms with Crippen molar-refractivity contribution >= 4 is 16.7 Å². The minimum Gasteiger partial charge on any atom is -0.505 e. The Hall–Kier alpha value is -2.10. The lowest BCUT2D eigenvalue weighted by molar-refractivity contribution is 0.101. The molecular formula is C16H17NO3. The number of rotatable bonds is 3. The summed E-state index contributed by atoms with van der Waals surface area (Å²) in [5.41, 5.74) is 1.76. The van der Waals surface area contributed by atoms with Crippen LogP contribution in [0.3, 0.4) is 0 Å². The number of ether oxygens (including phenoxy) is 1. The van der Waals surface area contributed by atoms with Gasteiger partial charge in [0.25, 0.3) is 0 Å². The molecule has 1 aliphatic rings. The molecule has 1 N–H and O–H groups in total. The first-order valence-electron chi connectivity index (χ1n) is 6.83. The maximum atomic E-state index is 11.9. The Balaban J connectivity index is 2.30. The van der Waals surface area contributed by atoms with Gasteiger partial charge in [0.1, 0.15) is 11.5 Å². The van der Waals surface area contributed by atoms with Crippen LogP contribution in [-0.2, 0) is 0 Å². The van der Waals surface area contributed by atoms with E-state index in [0.29, 0.717) is 22.4 Å². The molecule has 0 saturated heterocycles. The van der Waals surface area contributed by atoms with E-state index in [1.165, 1.54) is 6.92 Å². The molecule has 1 aliphatic carbocycles. The van der Waals surface area contributed by atoms with Crippen molar-refractivity contribution in [2.45, 2.75) is 32.1 Å². The van der Waals surface area contributed by atoms with Crippen LogP contribution in [0.1, 0.15) is 48.2 Å². The second-order valence-corrected chi connectivity index (χ2v) is 5.29. The van der Waals surface area contributed by atoms with Crippen LogP contribution in [0.15, 0.2) is 18.2 Å². The van der Waals surface area contributed by atoms with Gasteiger partial charge < -0.3 is 9.84 Å². The maximum Gasteiger partial charge on any atom is 0.164 e. The number of fused-ring (bicyclic) bond motifs is 1. The molecular weight excluding hydrogens is 254 g/mol. The van der Waals surface area contributed by atoms with Crippen molar-refractivity contribution in [2.75, 3.05) is 7.11 Å². The smallest absolute Gasteiger partial charge is 0.164 e. The van der Waals surface area contributed by atoms with Crippen molar-refractivity contribution < 1.29 is 14.6 Å². The van der Waals surface area contributed by atoms with Crippen molar-refractivity contribution in [3.63, 3.8) is 0 Å². The van der Waals surface area contributed by atoms with Crippen LogP contribution in [0.25, 0.3) is 10.9 Å². The molecule has 2 aromatic rings. The quantitative estimate of drug-likeness (QED) is 0.869. The zero-order chi connectivity index (χ0) is 14.3. The van der Waals surface area contributed by atoms with Crippen molar-refractivity contribution in [3.8, 4) is 11.5 Å². The van der Waals surface area contributed by atoms with Crippen LogP contribution < -0.4 is 4.74 Å². The molecule has 1 fully saturated rings. The summed E-state index contributed by atoms with van der Waals surface area (Å²) < 4.78 is 5.19. The normalized spacial score (nSPS) is 15.1. The number of hydrogen-bond donors (Lipinski definition) is 1. The average molecular weight is 271 g/mol. The number of methoxy groups -OCH3 is 1.